The van der Waals surface area contributed by atoms with Crippen LogP contribution < -0.4 is 10.6 Å². The topological polar surface area (TPSA) is 78.4 Å². The van der Waals surface area contributed by atoms with E-state index in [-0.39, 0.29) is 11.4 Å². The molecule has 3 N–H and O–H groups in total. The van der Waals surface area contributed by atoms with E-state index in [0.717, 1.165) is 25.7 Å². The highest BCUT2D eigenvalue weighted by atomic mass is 16.4. The Morgan fingerprint density at radius 3 is 2.26 bits per heavy atom. The van der Waals surface area contributed by atoms with Gasteiger partial charge in [0.15, 0.2) is 0 Å². The van der Waals surface area contributed by atoms with Crippen molar-refractivity contribution >= 4 is 12.0 Å². The van der Waals surface area contributed by atoms with E-state index in [2.05, 4.69) is 17.6 Å². The molecule has 110 valence electrons. The Morgan fingerprint density at radius 1 is 1.32 bits per heavy atom. The van der Waals surface area contributed by atoms with Gasteiger partial charge in [0.1, 0.15) is 6.04 Å². The van der Waals surface area contributed by atoms with Crippen LogP contribution in [0.25, 0.3) is 0 Å². The Hall–Kier alpha value is -1.26. The van der Waals surface area contributed by atoms with E-state index in [1.54, 1.807) is 20.8 Å². The van der Waals surface area contributed by atoms with E-state index in [1.165, 1.54) is 0 Å². The first-order valence-electron chi connectivity index (χ1n) is 6.97. The maximum Gasteiger partial charge on any atom is 0.326 e. The predicted octanol–water partition coefficient (Wildman–Crippen LogP) is 2.37. The van der Waals surface area contributed by atoms with Crippen LogP contribution in [0.2, 0.25) is 0 Å². The van der Waals surface area contributed by atoms with Crippen molar-refractivity contribution in [2.75, 3.05) is 6.54 Å². The number of carboxylic acids is 1. The number of amides is 2. The van der Waals surface area contributed by atoms with E-state index in [1.807, 2.05) is 0 Å². The molecule has 19 heavy (non-hydrogen) atoms. The highest BCUT2D eigenvalue weighted by molar-refractivity contribution is 5.83. The minimum atomic E-state index is -1.00. The summed E-state index contributed by atoms with van der Waals surface area (Å²) in [5.74, 6) is -1.00. The Morgan fingerprint density at radius 2 is 1.89 bits per heavy atom. The minimum absolute atomic E-state index is 0.270. The third-order valence-electron chi connectivity index (χ3n) is 3.75. The fraction of sp³-hybridized carbons (Fsp3) is 0.857. The second-order valence-electron chi connectivity index (χ2n) is 6.71. The van der Waals surface area contributed by atoms with Gasteiger partial charge in [0.05, 0.1) is 0 Å². The molecule has 1 saturated carbocycles. The van der Waals surface area contributed by atoms with Crippen molar-refractivity contribution in [1.29, 1.82) is 0 Å². The lowest BCUT2D eigenvalue weighted by Crippen LogP contribution is -2.52. The largest absolute Gasteiger partial charge is 0.480 e. The maximum absolute atomic E-state index is 11.8. The molecule has 1 rings (SSSR count). The molecule has 0 saturated heterocycles. The van der Waals surface area contributed by atoms with E-state index >= 15 is 0 Å². The molecule has 1 aliphatic carbocycles. The van der Waals surface area contributed by atoms with Crippen LogP contribution >= 0.6 is 0 Å². The van der Waals surface area contributed by atoms with Gasteiger partial charge in [0.25, 0.3) is 0 Å². The molecule has 1 unspecified atom stereocenters. The molecule has 0 aromatic heterocycles. The lowest BCUT2D eigenvalue weighted by atomic mass is 9.87. The van der Waals surface area contributed by atoms with E-state index in [9.17, 15) is 9.59 Å². The second kappa shape index (κ2) is 5.80. The lowest BCUT2D eigenvalue weighted by molar-refractivity contribution is -0.141. The van der Waals surface area contributed by atoms with Crippen molar-refractivity contribution in [2.24, 2.45) is 10.8 Å². The van der Waals surface area contributed by atoms with Gasteiger partial charge >= 0.3 is 12.0 Å². The molecule has 1 aliphatic rings. The molecule has 0 spiro atoms. The molecule has 2 amide bonds. The van der Waals surface area contributed by atoms with Crippen molar-refractivity contribution in [3.05, 3.63) is 0 Å². The Kier molecular flexibility index (Phi) is 4.82. The van der Waals surface area contributed by atoms with Gasteiger partial charge in [-0.3, -0.25) is 0 Å². The third kappa shape index (κ3) is 4.73. The van der Waals surface area contributed by atoms with Crippen LogP contribution in [0.4, 0.5) is 4.79 Å². The molecule has 0 aliphatic heterocycles. The summed E-state index contributed by atoms with van der Waals surface area (Å²) in [6, 6.07) is -1.27. The van der Waals surface area contributed by atoms with Crippen molar-refractivity contribution < 1.29 is 14.7 Å². The standard InChI is InChI=1S/C14H26N2O3/c1-5-6-14(7-8-14)9-15-12(19)16-10(11(17)18)13(2,3)4/h10H,5-9H2,1-4H3,(H,17,18)(H2,15,16,19). The average Bonchev–Trinajstić information content (AvgIpc) is 3.02. The van der Waals surface area contributed by atoms with Gasteiger partial charge in [-0.2, -0.15) is 0 Å². The molecule has 0 aromatic carbocycles. The zero-order chi connectivity index (χ0) is 14.7. The highest BCUT2D eigenvalue weighted by Gasteiger charge is 2.41. The van der Waals surface area contributed by atoms with E-state index in [4.69, 9.17) is 5.11 Å². The molecule has 5 heteroatoms. The molecular formula is C14H26N2O3. The molecule has 1 fully saturated rings. The molecule has 1 atom stereocenters. The monoisotopic (exact) mass is 270 g/mol. The number of hydrogen-bond acceptors (Lipinski definition) is 2. The number of urea groups is 1. The average molecular weight is 270 g/mol. The Balaban J connectivity index is 2.44. The van der Waals surface area contributed by atoms with Gasteiger partial charge in [0.2, 0.25) is 0 Å². The number of hydrogen-bond donors (Lipinski definition) is 3. The first-order valence-corrected chi connectivity index (χ1v) is 6.97. The summed E-state index contributed by atoms with van der Waals surface area (Å²) in [5, 5.41) is 14.5. The van der Waals surface area contributed by atoms with Crippen LogP contribution in [0, 0.1) is 10.8 Å². The minimum Gasteiger partial charge on any atom is -0.480 e. The quantitative estimate of drug-likeness (QED) is 0.693. The first-order chi connectivity index (χ1) is 8.70. The molecule has 0 heterocycles. The van der Waals surface area contributed by atoms with Crippen molar-refractivity contribution in [1.82, 2.24) is 10.6 Å². The number of carboxylic acid groups (broad SMARTS) is 1. The fourth-order valence-electron chi connectivity index (χ4n) is 2.32. The number of rotatable bonds is 6. The lowest BCUT2D eigenvalue weighted by Gasteiger charge is -2.28. The fourth-order valence-corrected chi connectivity index (χ4v) is 2.32. The molecule has 0 bridgehead atoms. The van der Waals surface area contributed by atoms with Crippen molar-refractivity contribution in [2.45, 2.75) is 59.4 Å². The SMILES string of the molecule is CCCC1(CNC(=O)NC(C(=O)O)C(C)(C)C)CC1. The van der Waals surface area contributed by atoms with Crippen molar-refractivity contribution in [3.63, 3.8) is 0 Å². The number of carbonyl (C=O) groups excluding carboxylic acids is 1. The zero-order valence-electron chi connectivity index (χ0n) is 12.4. The third-order valence-corrected chi connectivity index (χ3v) is 3.75. The van der Waals surface area contributed by atoms with E-state index < -0.39 is 17.4 Å². The summed E-state index contributed by atoms with van der Waals surface area (Å²) in [6.07, 6.45) is 4.55. The highest BCUT2D eigenvalue weighted by Crippen LogP contribution is 2.48. The summed E-state index contributed by atoms with van der Waals surface area (Å²) in [5.41, 5.74) is -0.240. The van der Waals surface area contributed by atoms with E-state index in [0.29, 0.717) is 6.54 Å². The van der Waals surface area contributed by atoms with Crippen LogP contribution in [0.1, 0.15) is 53.4 Å². The molecular weight excluding hydrogens is 244 g/mol. The Bertz CT molecular complexity index is 343. The summed E-state index contributed by atoms with van der Waals surface area (Å²) in [6.45, 7) is 8.17. The molecule has 5 nitrogen and oxygen atoms in total. The van der Waals surface area contributed by atoms with Gasteiger partial charge in [-0.05, 0) is 30.1 Å². The summed E-state index contributed by atoms with van der Waals surface area (Å²) in [4.78, 5) is 23.0. The summed E-state index contributed by atoms with van der Waals surface area (Å²) >= 11 is 0. The van der Waals surface area contributed by atoms with Gasteiger partial charge in [-0.1, -0.05) is 34.1 Å². The molecule has 0 radical (unpaired) electrons. The van der Waals surface area contributed by atoms with Crippen LogP contribution in [0.3, 0.4) is 0 Å². The van der Waals surface area contributed by atoms with Crippen molar-refractivity contribution in [3.8, 4) is 0 Å². The first kappa shape index (κ1) is 15.8. The van der Waals surface area contributed by atoms with Gasteiger partial charge < -0.3 is 15.7 Å². The maximum atomic E-state index is 11.8. The number of carbonyl (C=O) groups is 2. The van der Waals surface area contributed by atoms with Crippen LogP contribution in [0.5, 0.6) is 0 Å². The zero-order valence-corrected chi connectivity index (χ0v) is 12.4. The second-order valence-corrected chi connectivity index (χ2v) is 6.71. The Labute approximate surface area is 115 Å². The van der Waals surface area contributed by atoms with Gasteiger partial charge in [-0.15, -0.1) is 0 Å². The normalized spacial score (nSPS) is 18.5. The number of aliphatic carboxylic acids is 1. The summed E-state index contributed by atoms with van der Waals surface area (Å²) < 4.78 is 0. The van der Waals surface area contributed by atoms with Gasteiger partial charge in [-0.25, -0.2) is 9.59 Å². The molecule has 0 aromatic rings. The van der Waals surface area contributed by atoms with Gasteiger partial charge in [0, 0.05) is 6.54 Å². The van der Waals surface area contributed by atoms with Crippen LogP contribution in [-0.2, 0) is 4.79 Å². The smallest absolute Gasteiger partial charge is 0.326 e. The van der Waals surface area contributed by atoms with Crippen LogP contribution in [-0.4, -0.2) is 29.7 Å². The number of nitrogens with one attached hydrogen (secondary N) is 2. The summed E-state index contributed by atoms with van der Waals surface area (Å²) in [7, 11) is 0. The van der Waals surface area contributed by atoms with Crippen LogP contribution in [0.15, 0.2) is 0 Å². The predicted molar refractivity (Wildman–Crippen MR) is 74.0 cm³/mol.